The molecule has 1 aromatic rings. The van der Waals surface area contributed by atoms with Gasteiger partial charge in [0.05, 0.1) is 12.3 Å². The van der Waals surface area contributed by atoms with E-state index in [1.807, 2.05) is 10.9 Å². The summed E-state index contributed by atoms with van der Waals surface area (Å²) in [5, 5.41) is 13.6. The van der Waals surface area contributed by atoms with Crippen LogP contribution in [0.3, 0.4) is 0 Å². The number of aromatic nitrogens is 2. The van der Waals surface area contributed by atoms with Gasteiger partial charge in [0.1, 0.15) is 0 Å². The third-order valence-corrected chi connectivity index (χ3v) is 3.19. The first-order valence-corrected chi connectivity index (χ1v) is 6.47. The van der Waals surface area contributed by atoms with Crippen molar-refractivity contribution in [3.05, 3.63) is 18.0 Å². The topological polar surface area (TPSA) is 41.3 Å². The lowest BCUT2D eigenvalue weighted by molar-refractivity contribution is 0.157. The van der Waals surface area contributed by atoms with E-state index in [1.165, 1.54) is 0 Å². The van der Waals surface area contributed by atoms with Gasteiger partial charge in [0, 0.05) is 31.4 Å². The summed E-state index contributed by atoms with van der Waals surface area (Å²) in [7, 11) is 0. The molecule has 0 saturated carbocycles. The Bertz CT molecular complexity index is 322. The van der Waals surface area contributed by atoms with Gasteiger partial charge in [0.2, 0.25) is 0 Å². The first-order valence-electron chi connectivity index (χ1n) is 6.47. The lowest BCUT2D eigenvalue weighted by atomic mass is 10.3. The molecule has 0 saturated heterocycles. The van der Waals surface area contributed by atoms with Crippen molar-refractivity contribution < 1.29 is 5.11 Å². The minimum absolute atomic E-state index is 0.199. The molecule has 0 aliphatic heterocycles. The van der Waals surface area contributed by atoms with Crippen LogP contribution >= 0.6 is 0 Å². The van der Waals surface area contributed by atoms with Crippen molar-refractivity contribution in [1.82, 2.24) is 14.7 Å². The van der Waals surface area contributed by atoms with E-state index in [4.69, 9.17) is 5.11 Å². The van der Waals surface area contributed by atoms with Crippen LogP contribution in [0.5, 0.6) is 0 Å². The van der Waals surface area contributed by atoms with E-state index < -0.39 is 0 Å². The van der Waals surface area contributed by atoms with Crippen LogP contribution in [-0.4, -0.2) is 39.0 Å². The number of hydrogen-bond donors (Lipinski definition) is 1. The lowest BCUT2D eigenvalue weighted by Gasteiger charge is -2.24. The largest absolute Gasteiger partial charge is 0.395 e. The molecule has 0 amide bonds. The van der Waals surface area contributed by atoms with Crippen molar-refractivity contribution in [2.45, 2.75) is 52.7 Å². The Balaban J connectivity index is 2.63. The van der Waals surface area contributed by atoms with Gasteiger partial charge in [-0.05, 0) is 33.3 Å². The maximum absolute atomic E-state index is 9.03. The number of rotatable bonds is 7. The molecule has 1 aromatic heterocycles. The fourth-order valence-corrected chi connectivity index (χ4v) is 1.75. The fraction of sp³-hybridized carbons (Fsp3) is 0.769. The zero-order valence-corrected chi connectivity index (χ0v) is 11.4. The smallest absolute Gasteiger partial charge is 0.0765 e. The van der Waals surface area contributed by atoms with E-state index in [1.54, 1.807) is 0 Å². The van der Waals surface area contributed by atoms with Crippen molar-refractivity contribution in [1.29, 1.82) is 0 Å². The number of nitrogens with zero attached hydrogens (tertiary/aromatic N) is 3. The Morgan fingerprint density at radius 3 is 2.65 bits per heavy atom. The molecule has 4 heteroatoms. The van der Waals surface area contributed by atoms with E-state index in [9.17, 15) is 0 Å². The first-order chi connectivity index (χ1) is 8.08. The Hall–Kier alpha value is -0.870. The molecule has 4 nitrogen and oxygen atoms in total. The minimum Gasteiger partial charge on any atom is -0.395 e. The predicted molar refractivity (Wildman–Crippen MR) is 69.9 cm³/mol. The standard InChI is InChI=1S/C13H25N3O/c1-5-12(4)16-7-6-13(14-16)10-15(8-9-17)11(2)3/h6-7,11-12,17H,5,8-10H2,1-4H3. The average molecular weight is 239 g/mol. The number of aliphatic hydroxyl groups excluding tert-OH is 1. The highest BCUT2D eigenvalue weighted by atomic mass is 16.3. The van der Waals surface area contributed by atoms with Crippen LogP contribution in [0.15, 0.2) is 12.3 Å². The second kappa shape index (κ2) is 6.77. The van der Waals surface area contributed by atoms with Crippen molar-refractivity contribution in [2.75, 3.05) is 13.2 Å². The Morgan fingerprint density at radius 2 is 2.12 bits per heavy atom. The predicted octanol–water partition coefficient (Wildman–Crippen LogP) is 2.06. The van der Waals surface area contributed by atoms with Crippen LogP contribution in [0.2, 0.25) is 0 Å². The van der Waals surface area contributed by atoms with Crippen LogP contribution in [0.25, 0.3) is 0 Å². The van der Waals surface area contributed by atoms with Gasteiger partial charge in [-0.2, -0.15) is 5.10 Å². The molecule has 1 atom stereocenters. The summed E-state index contributed by atoms with van der Waals surface area (Å²) in [6, 6.07) is 2.95. The minimum atomic E-state index is 0.199. The fourth-order valence-electron chi connectivity index (χ4n) is 1.75. The maximum atomic E-state index is 9.03. The molecule has 1 N–H and O–H groups in total. The van der Waals surface area contributed by atoms with E-state index in [0.29, 0.717) is 18.6 Å². The molecule has 0 aromatic carbocycles. The molecule has 1 heterocycles. The highest BCUT2D eigenvalue weighted by Crippen LogP contribution is 2.11. The third-order valence-electron chi connectivity index (χ3n) is 3.19. The van der Waals surface area contributed by atoms with Gasteiger partial charge in [-0.3, -0.25) is 9.58 Å². The van der Waals surface area contributed by atoms with E-state index in [-0.39, 0.29) is 6.61 Å². The van der Waals surface area contributed by atoms with Crippen LogP contribution in [0, 0.1) is 0 Å². The highest BCUT2D eigenvalue weighted by Gasteiger charge is 2.12. The van der Waals surface area contributed by atoms with Gasteiger partial charge in [-0.25, -0.2) is 0 Å². The van der Waals surface area contributed by atoms with Crippen molar-refractivity contribution >= 4 is 0 Å². The Morgan fingerprint density at radius 1 is 1.41 bits per heavy atom. The zero-order valence-electron chi connectivity index (χ0n) is 11.4. The summed E-state index contributed by atoms with van der Waals surface area (Å²) in [6.07, 6.45) is 3.13. The van der Waals surface area contributed by atoms with E-state index >= 15 is 0 Å². The molecule has 1 unspecified atom stereocenters. The second-order valence-electron chi connectivity index (χ2n) is 4.83. The summed E-state index contributed by atoms with van der Waals surface area (Å²) in [5.74, 6) is 0. The molecule has 0 bridgehead atoms. The second-order valence-corrected chi connectivity index (χ2v) is 4.83. The molecule has 98 valence electrons. The molecule has 0 spiro atoms. The molecule has 0 fully saturated rings. The third kappa shape index (κ3) is 4.13. The van der Waals surface area contributed by atoms with Crippen LogP contribution in [0.4, 0.5) is 0 Å². The molecular weight excluding hydrogens is 214 g/mol. The molecule has 0 aliphatic rings. The quantitative estimate of drug-likeness (QED) is 0.792. The van der Waals surface area contributed by atoms with Crippen LogP contribution in [-0.2, 0) is 6.54 Å². The summed E-state index contributed by atoms with van der Waals surface area (Å²) in [4.78, 5) is 2.23. The Kier molecular flexibility index (Phi) is 5.65. The van der Waals surface area contributed by atoms with Crippen LogP contribution in [0.1, 0.15) is 45.9 Å². The van der Waals surface area contributed by atoms with Gasteiger partial charge >= 0.3 is 0 Å². The average Bonchev–Trinajstić information content (AvgIpc) is 2.76. The van der Waals surface area contributed by atoms with Crippen LogP contribution < -0.4 is 0 Å². The highest BCUT2D eigenvalue weighted by molar-refractivity contribution is 4.99. The summed E-state index contributed by atoms with van der Waals surface area (Å²) in [6.45, 7) is 10.3. The first kappa shape index (κ1) is 14.2. The molecular formula is C13H25N3O. The maximum Gasteiger partial charge on any atom is 0.0765 e. The SMILES string of the molecule is CCC(C)n1ccc(CN(CCO)C(C)C)n1. The van der Waals surface area contributed by atoms with E-state index in [0.717, 1.165) is 18.7 Å². The van der Waals surface area contributed by atoms with Gasteiger partial charge < -0.3 is 5.11 Å². The zero-order chi connectivity index (χ0) is 12.8. The summed E-state index contributed by atoms with van der Waals surface area (Å²) in [5.41, 5.74) is 1.08. The number of aliphatic hydroxyl groups is 1. The monoisotopic (exact) mass is 239 g/mol. The van der Waals surface area contributed by atoms with Gasteiger partial charge in [-0.1, -0.05) is 6.92 Å². The van der Waals surface area contributed by atoms with Crippen molar-refractivity contribution in [2.24, 2.45) is 0 Å². The van der Waals surface area contributed by atoms with E-state index in [2.05, 4.69) is 43.8 Å². The lowest BCUT2D eigenvalue weighted by Crippen LogP contribution is -2.33. The van der Waals surface area contributed by atoms with Gasteiger partial charge in [0.15, 0.2) is 0 Å². The summed E-state index contributed by atoms with van der Waals surface area (Å²) >= 11 is 0. The molecule has 0 radical (unpaired) electrons. The molecule has 17 heavy (non-hydrogen) atoms. The van der Waals surface area contributed by atoms with Crippen molar-refractivity contribution in [3.8, 4) is 0 Å². The van der Waals surface area contributed by atoms with Gasteiger partial charge in [0.25, 0.3) is 0 Å². The Labute approximate surface area is 104 Å². The summed E-state index contributed by atoms with van der Waals surface area (Å²) < 4.78 is 2.02. The normalized spacial score (nSPS) is 13.6. The molecule has 0 aliphatic carbocycles. The van der Waals surface area contributed by atoms with Crippen molar-refractivity contribution in [3.63, 3.8) is 0 Å². The number of hydrogen-bond acceptors (Lipinski definition) is 3. The molecule has 1 rings (SSSR count). The van der Waals surface area contributed by atoms with Gasteiger partial charge in [-0.15, -0.1) is 0 Å².